The molecule has 1 fully saturated rings. The minimum atomic E-state index is -0.0476. The second-order valence-electron chi connectivity index (χ2n) is 6.11. The Morgan fingerprint density at radius 2 is 2.32 bits per heavy atom. The zero-order valence-corrected chi connectivity index (χ0v) is 14.2. The van der Waals surface area contributed by atoms with Crippen molar-refractivity contribution in [1.29, 1.82) is 0 Å². The summed E-state index contributed by atoms with van der Waals surface area (Å²) in [6, 6.07) is 5.51. The maximum Gasteiger partial charge on any atom is 0.248 e. The van der Waals surface area contributed by atoms with E-state index < -0.39 is 0 Å². The van der Waals surface area contributed by atoms with Crippen LogP contribution in [0.2, 0.25) is 0 Å². The molecule has 8 nitrogen and oxygen atoms in total. The minimum Gasteiger partial charge on any atom is -0.382 e. The van der Waals surface area contributed by atoms with Crippen molar-refractivity contribution in [3.8, 4) is 0 Å². The van der Waals surface area contributed by atoms with Crippen LogP contribution in [-0.2, 0) is 27.4 Å². The smallest absolute Gasteiger partial charge is 0.248 e. The molecule has 2 atom stereocenters. The molecule has 0 bridgehead atoms. The van der Waals surface area contributed by atoms with Gasteiger partial charge in [-0.25, -0.2) is 0 Å². The number of likely N-dealkylation sites (tertiary alicyclic amines) is 1. The maximum absolute atomic E-state index is 12.6. The molecule has 3 heterocycles. The number of nitrogens with two attached hydrogens (primary N) is 1. The molecule has 3 rings (SSSR count). The van der Waals surface area contributed by atoms with Crippen LogP contribution < -0.4 is 5.73 Å². The first-order chi connectivity index (χ1) is 12.2. The molecule has 2 aromatic heterocycles. The second kappa shape index (κ2) is 8.09. The van der Waals surface area contributed by atoms with Crippen molar-refractivity contribution < 1.29 is 14.3 Å². The largest absolute Gasteiger partial charge is 0.382 e. The van der Waals surface area contributed by atoms with Gasteiger partial charge in [0.15, 0.2) is 0 Å². The summed E-state index contributed by atoms with van der Waals surface area (Å²) >= 11 is 0. The van der Waals surface area contributed by atoms with Gasteiger partial charge < -0.3 is 20.1 Å². The van der Waals surface area contributed by atoms with E-state index in [0.29, 0.717) is 25.5 Å². The van der Waals surface area contributed by atoms with Crippen molar-refractivity contribution in [2.75, 3.05) is 26.0 Å². The Morgan fingerprint density at radius 3 is 3.00 bits per heavy atom. The SMILES string of the molecule is CO[C@@H]1C[C@@H](Cn2ccc(N)n2)N(C(=O)COCc2cccnc2)C1. The zero-order valence-electron chi connectivity index (χ0n) is 14.2. The number of ether oxygens (including phenoxy) is 2. The van der Waals surface area contributed by atoms with Crippen LogP contribution in [0.3, 0.4) is 0 Å². The number of hydrogen-bond acceptors (Lipinski definition) is 6. The van der Waals surface area contributed by atoms with Crippen molar-refractivity contribution in [2.24, 2.45) is 0 Å². The van der Waals surface area contributed by atoms with Gasteiger partial charge >= 0.3 is 0 Å². The van der Waals surface area contributed by atoms with Gasteiger partial charge in [-0.1, -0.05) is 6.07 Å². The Hall–Kier alpha value is -2.45. The molecule has 0 unspecified atom stereocenters. The summed E-state index contributed by atoms with van der Waals surface area (Å²) in [7, 11) is 1.67. The van der Waals surface area contributed by atoms with E-state index in [4.69, 9.17) is 15.2 Å². The van der Waals surface area contributed by atoms with Crippen molar-refractivity contribution in [2.45, 2.75) is 31.7 Å². The molecular formula is C17H23N5O3. The molecule has 0 radical (unpaired) electrons. The molecule has 1 amide bonds. The summed E-state index contributed by atoms with van der Waals surface area (Å²) in [5.74, 6) is 0.424. The van der Waals surface area contributed by atoms with E-state index in [1.807, 2.05) is 23.2 Å². The number of methoxy groups -OCH3 is 1. The topological polar surface area (TPSA) is 95.5 Å². The normalized spacial score (nSPS) is 20.1. The van der Waals surface area contributed by atoms with Gasteiger partial charge in [0.1, 0.15) is 12.4 Å². The molecule has 1 aliphatic heterocycles. The quantitative estimate of drug-likeness (QED) is 0.793. The van der Waals surface area contributed by atoms with Crippen LogP contribution in [0.25, 0.3) is 0 Å². The molecule has 2 N–H and O–H groups in total. The molecular weight excluding hydrogens is 322 g/mol. The fraction of sp³-hybridized carbons (Fsp3) is 0.471. The minimum absolute atomic E-state index is 0.0127. The van der Waals surface area contributed by atoms with Crippen LogP contribution in [0.15, 0.2) is 36.8 Å². The summed E-state index contributed by atoms with van der Waals surface area (Å²) in [6.07, 6.45) is 6.05. The van der Waals surface area contributed by atoms with E-state index in [-0.39, 0.29) is 24.7 Å². The predicted molar refractivity (Wildman–Crippen MR) is 91.4 cm³/mol. The Labute approximate surface area is 146 Å². The van der Waals surface area contributed by atoms with E-state index in [0.717, 1.165) is 12.0 Å². The average Bonchev–Trinajstić information content (AvgIpc) is 3.22. The number of nitrogens with zero attached hydrogens (tertiary/aromatic N) is 4. The van der Waals surface area contributed by atoms with Crippen LogP contribution in [0.5, 0.6) is 0 Å². The van der Waals surface area contributed by atoms with Crippen LogP contribution in [0.4, 0.5) is 5.82 Å². The number of pyridine rings is 1. The molecule has 0 aromatic carbocycles. The molecule has 0 spiro atoms. The number of carbonyl (C=O) groups is 1. The first-order valence-corrected chi connectivity index (χ1v) is 8.23. The van der Waals surface area contributed by atoms with Gasteiger partial charge in [0.25, 0.3) is 0 Å². The Kier molecular flexibility index (Phi) is 5.62. The van der Waals surface area contributed by atoms with Gasteiger partial charge in [-0.15, -0.1) is 0 Å². The lowest BCUT2D eigenvalue weighted by atomic mass is 10.2. The first-order valence-electron chi connectivity index (χ1n) is 8.23. The van der Waals surface area contributed by atoms with Crippen molar-refractivity contribution >= 4 is 11.7 Å². The second-order valence-corrected chi connectivity index (χ2v) is 6.11. The van der Waals surface area contributed by atoms with Gasteiger partial charge in [0.05, 0.1) is 25.3 Å². The van der Waals surface area contributed by atoms with Crippen molar-refractivity contribution in [3.63, 3.8) is 0 Å². The van der Waals surface area contributed by atoms with Crippen molar-refractivity contribution in [3.05, 3.63) is 42.4 Å². The zero-order chi connectivity index (χ0) is 17.6. The van der Waals surface area contributed by atoms with E-state index >= 15 is 0 Å². The molecule has 1 aliphatic rings. The average molecular weight is 345 g/mol. The van der Waals surface area contributed by atoms with Gasteiger partial charge in [-0.2, -0.15) is 5.10 Å². The number of nitrogen functional groups attached to an aromatic ring is 1. The summed E-state index contributed by atoms with van der Waals surface area (Å²) in [5.41, 5.74) is 6.60. The number of hydrogen-bond donors (Lipinski definition) is 1. The summed E-state index contributed by atoms with van der Waals surface area (Å²) in [6.45, 7) is 1.54. The summed E-state index contributed by atoms with van der Waals surface area (Å²) in [5, 5.41) is 4.20. The van der Waals surface area contributed by atoms with E-state index in [1.165, 1.54) is 0 Å². The Balaban J connectivity index is 1.56. The molecule has 2 aromatic rings. The molecule has 25 heavy (non-hydrogen) atoms. The van der Waals surface area contributed by atoms with Gasteiger partial charge in [-0.05, 0) is 24.1 Å². The highest BCUT2D eigenvalue weighted by atomic mass is 16.5. The number of carbonyl (C=O) groups excluding carboxylic acids is 1. The van der Waals surface area contributed by atoms with Crippen molar-refractivity contribution in [1.82, 2.24) is 19.7 Å². The maximum atomic E-state index is 12.6. The highest BCUT2D eigenvalue weighted by molar-refractivity contribution is 5.78. The third kappa shape index (κ3) is 4.55. The highest BCUT2D eigenvalue weighted by Gasteiger charge is 2.35. The molecule has 134 valence electrons. The van der Waals surface area contributed by atoms with E-state index in [2.05, 4.69) is 10.1 Å². The number of anilines is 1. The Bertz CT molecular complexity index is 691. The molecule has 8 heteroatoms. The highest BCUT2D eigenvalue weighted by Crippen LogP contribution is 2.22. The fourth-order valence-electron chi connectivity index (χ4n) is 3.04. The number of aromatic nitrogens is 3. The molecule has 0 saturated carbocycles. The third-order valence-electron chi connectivity index (χ3n) is 4.31. The van der Waals surface area contributed by atoms with Gasteiger partial charge in [0.2, 0.25) is 5.91 Å². The third-order valence-corrected chi connectivity index (χ3v) is 4.31. The molecule has 0 aliphatic carbocycles. The monoisotopic (exact) mass is 345 g/mol. The fourth-order valence-corrected chi connectivity index (χ4v) is 3.04. The number of amides is 1. The predicted octanol–water partition coefficient (Wildman–Crippen LogP) is 0.693. The van der Waals surface area contributed by atoms with Gasteiger partial charge in [0, 0.05) is 32.2 Å². The van der Waals surface area contributed by atoms with E-state index in [1.54, 1.807) is 30.3 Å². The van der Waals surface area contributed by atoms with Gasteiger partial charge in [-0.3, -0.25) is 14.5 Å². The van der Waals surface area contributed by atoms with Crippen LogP contribution in [-0.4, -0.2) is 58.0 Å². The van der Waals surface area contributed by atoms with E-state index in [9.17, 15) is 4.79 Å². The van der Waals surface area contributed by atoms with Crippen LogP contribution >= 0.6 is 0 Å². The first kappa shape index (κ1) is 17.4. The number of rotatable bonds is 7. The van der Waals surface area contributed by atoms with Crippen LogP contribution in [0, 0.1) is 0 Å². The summed E-state index contributed by atoms with van der Waals surface area (Å²) in [4.78, 5) is 18.4. The lowest BCUT2D eigenvalue weighted by Crippen LogP contribution is -2.40. The summed E-state index contributed by atoms with van der Waals surface area (Å²) < 4.78 is 12.8. The molecule has 1 saturated heterocycles. The lowest BCUT2D eigenvalue weighted by Gasteiger charge is -2.24. The lowest BCUT2D eigenvalue weighted by molar-refractivity contribution is -0.138. The standard InChI is InChI=1S/C17H23N5O3/c1-24-15-7-14(9-21-6-4-16(18)20-21)22(10-15)17(23)12-25-11-13-3-2-5-19-8-13/h2-6,8,14-15H,7,9-12H2,1H3,(H2,18,20)/t14-,15+/m0/s1. The van der Waals surface area contributed by atoms with Crippen LogP contribution in [0.1, 0.15) is 12.0 Å². The Morgan fingerprint density at radius 1 is 1.44 bits per heavy atom.